The molecular weight excluding hydrogens is 378 g/mol. The molecule has 0 atom stereocenters. The van der Waals surface area contributed by atoms with Crippen LogP contribution in [-0.2, 0) is 24.7 Å². The van der Waals surface area contributed by atoms with E-state index in [9.17, 15) is 4.79 Å². The Labute approximate surface area is 174 Å². The minimum absolute atomic E-state index is 0.0741. The summed E-state index contributed by atoms with van der Waals surface area (Å²) in [5.41, 5.74) is 9.90. The smallest absolute Gasteiger partial charge is 0.223 e. The summed E-state index contributed by atoms with van der Waals surface area (Å²) < 4.78 is 7.97. The number of nitrogens with two attached hydrogens (primary N) is 1. The van der Waals surface area contributed by atoms with Gasteiger partial charge < -0.3 is 20.4 Å². The number of anilines is 2. The van der Waals surface area contributed by atoms with Crippen LogP contribution in [0.15, 0.2) is 60.8 Å². The number of rotatable bonds is 7. The van der Waals surface area contributed by atoms with Gasteiger partial charge in [-0.25, -0.2) is 4.98 Å². The largest absolute Gasteiger partial charge is 0.457 e. The van der Waals surface area contributed by atoms with Crippen LogP contribution < -0.4 is 15.8 Å². The highest BCUT2D eigenvalue weighted by Gasteiger charge is 2.11. The summed E-state index contributed by atoms with van der Waals surface area (Å²) in [5, 5.41) is 3.43. The molecule has 2 heterocycles. The first-order valence-electron chi connectivity index (χ1n) is 9.76. The van der Waals surface area contributed by atoms with Crippen molar-refractivity contribution in [3.05, 3.63) is 72.1 Å². The number of primary amides is 1. The molecule has 2 aromatic heterocycles. The summed E-state index contributed by atoms with van der Waals surface area (Å²) in [4.78, 5) is 20.0. The van der Waals surface area contributed by atoms with E-state index in [1.54, 1.807) is 18.3 Å². The van der Waals surface area contributed by atoms with Crippen LogP contribution in [0, 0.1) is 0 Å². The van der Waals surface area contributed by atoms with Crippen LogP contribution in [0.3, 0.4) is 0 Å². The van der Waals surface area contributed by atoms with Crippen molar-refractivity contribution in [2.24, 2.45) is 12.8 Å². The van der Waals surface area contributed by atoms with Gasteiger partial charge in [-0.2, -0.15) is 0 Å². The lowest BCUT2D eigenvalue weighted by molar-refractivity contribution is -0.117. The molecule has 30 heavy (non-hydrogen) atoms. The number of para-hydroxylation sites is 1. The van der Waals surface area contributed by atoms with Gasteiger partial charge in [-0.3, -0.25) is 9.78 Å². The van der Waals surface area contributed by atoms with Gasteiger partial charge >= 0.3 is 0 Å². The van der Waals surface area contributed by atoms with Gasteiger partial charge in [0.25, 0.3) is 0 Å². The van der Waals surface area contributed by atoms with Crippen molar-refractivity contribution in [2.75, 3.05) is 5.32 Å². The Morgan fingerprint density at radius 1 is 1.13 bits per heavy atom. The van der Waals surface area contributed by atoms with E-state index >= 15 is 0 Å². The first-order valence-corrected chi connectivity index (χ1v) is 9.76. The SMILES string of the molecule is CCc1ccccc1Nc1nc2cc(Oc3ccnc(CC(N)=O)c3)ccc2n1C. The van der Waals surface area contributed by atoms with Crippen LogP contribution in [0.5, 0.6) is 11.5 Å². The second-order valence-corrected chi connectivity index (χ2v) is 7.01. The van der Waals surface area contributed by atoms with Crippen LogP contribution in [0.1, 0.15) is 18.2 Å². The number of fused-ring (bicyclic) bond motifs is 1. The number of hydrogen-bond acceptors (Lipinski definition) is 5. The predicted octanol–water partition coefficient (Wildman–Crippen LogP) is 4.09. The highest BCUT2D eigenvalue weighted by atomic mass is 16.5. The lowest BCUT2D eigenvalue weighted by atomic mass is 10.1. The predicted molar refractivity (Wildman–Crippen MR) is 117 cm³/mol. The van der Waals surface area contributed by atoms with Gasteiger partial charge in [-0.15, -0.1) is 0 Å². The number of carbonyl (C=O) groups is 1. The summed E-state index contributed by atoms with van der Waals surface area (Å²) in [7, 11) is 1.98. The van der Waals surface area contributed by atoms with Gasteiger partial charge in [0, 0.05) is 31.1 Å². The first-order chi connectivity index (χ1) is 14.5. The monoisotopic (exact) mass is 401 g/mol. The fourth-order valence-corrected chi connectivity index (χ4v) is 3.36. The van der Waals surface area contributed by atoms with E-state index in [0.717, 1.165) is 29.1 Å². The number of aryl methyl sites for hydroxylation is 2. The Kier molecular flexibility index (Phi) is 5.34. The molecule has 152 valence electrons. The molecule has 4 aromatic rings. The number of hydrogen-bond donors (Lipinski definition) is 2. The summed E-state index contributed by atoms with van der Waals surface area (Å²) in [6.07, 6.45) is 2.61. The quantitative estimate of drug-likeness (QED) is 0.486. The molecule has 2 aromatic carbocycles. The van der Waals surface area contributed by atoms with Crippen molar-refractivity contribution in [2.45, 2.75) is 19.8 Å². The van der Waals surface area contributed by atoms with Crippen LogP contribution in [0.4, 0.5) is 11.6 Å². The number of benzene rings is 2. The molecule has 0 radical (unpaired) electrons. The van der Waals surface area contributed by atoms with E-state index < -0.39 is 5.91 Å². The third kappa shape index (κ3) is 4.10. The lowest BCUT2D eigenvalue weighted by Gasteiger charge is -2.10. The maximum absolute atomic E-state index is 11.1. The van der Waals surface area contributed by atoms with Crippen LogP contribution in [0.2, 0.25) is 0 Å². The fourth-order valence-electron chi connectivity index (χ4n) is 3.36. The van der Waals surface area contributed by atoms with Gasteiger partial charge in [0.15, 0.2) is 0 Å². The minimum atomic E-state index is -0.431. The van der Waals surface area contributed by atoms with Crippen molar-refractivity contribution in [3.63, 3.8) is 0 Å². The molecule has 1 amide bonds. The van der Waals surface area contributed by atoms with E-state index in [1.165, 1.54) is 5.56 Å². The second kappa shape index (κ2) is 8.24. The third-order valence-electron chi connectivity index (χ3n) is 4.88. The van der Waals surface area contributed by atoms with E-state index in [-0.39, 0.29) is 6.42 Å². The molecule has 0 aliphatic carbocycles. The van der Waals surface area contributed by atoms with Crippen molar-refractivity contribution in [1.29, 1.82) is 0 Å². The molecule has 0 saturated carbocycles. The van der Waals surface area contributed by atoms with E-state index in [4.69, 9.17) is 15.5 Å². The number of nitrogens with one attached hydrogen (secondary N) is 1. The van der Waals surface area contributed by atoms with Crippen molar-refractivity contribution >= 4 is 28.6 Å². The van der Waals surface area contributed by atoms with Gasteiger partial charge in [0.2, 0.25) is 11.9 Å². The first kappa shape index (κ1) is 19.4. The van der Waals surface area contributed by atoms with Gasteiger partial charge in [0.1, 0.15) is 11.5 Å². The van der Waals surface area contributed by atoms with E-state index in [1.807, 2.05) is 41.9 Å². The highest BCUT2D eigenvalue weighted by Crippen LogP contribution is 2.29. The second-order valence-electron chi connectivity index (χ2n) is 7.01. The van der Waals surface area contributed by atoms with Crippen LogP contribution in [0.25, 0.3) is 11.0 Å². The molecule has 7 heteroatoms. The molecule has 0 aliphatic heterocycles. The molecule has 0 aliphatic rings. The summed E-state index contributed by atoms with van der Waals surface area (Å²) in [5.74, 6) is 1.57. The Morgan fingerprint density at radius 2 is 1.93 bits per heavy atom. The van der Waals surface area contributed by atoms with Crippen LogP contribution in [-0.4, -0.2) is 20.4 Å². The molecule has 0 spiro atoms. The fraction of sp³-hybridized carbons (Fsp3) is 0.174. The molecule has 0 saturated heterocycles. The zero-order valence-corrected chi connectivity index (χ0v) is 16.9. The maximum Gasteiger partial charge on any atom is 0.223 e. The Bertz CT molecular complexity index is 1220. The normalized spacial score (nSPS) is 10.9. The van der Waals surface area contributed by atoms with Gasteiger partial charge in [-0.1, -0.05) is 25.1 Å². The topological polar surface area (TPSA) is 95.1 Å². The van der Waals surface area contributed by atoms with Crippen molar-refractivity contribution in [1.82, 2.24) is 14.5 Å². The maximum atomic E-state index is 11.1. The molecular formula is C23H23N5O2. The van der Waals surface area contributed by atoms with Gasteiger partial charge in [0.05, 0.1) is 23.1 Å². The number of aromatic nitrogens is 3. The van der Waals surface area contributed by atoms with Crippen LogP contribution >= 0.6 is 0 Å². The molecule has 0 unspecified atom stereocenters. The minimum Gasteiger partial charge on any atom is -0.457 e. The zero-order valence-electron chi connectivity index (χ0n) is 16.9. The average Bonchev–Trinajstić information content (AvgIpc) is 3.03. The number of carbonyl (C=O) groups excluding carboxylic acids is 1. The standard InChI is InChI=1S/C23H23N5O2/c1-3-15-6-4-5-7-19(15)26-23-27-20-14-17(8-9-21(20)28(23)2)30-18-10-11-25-16(12-18)13-22(24)29/h4-12,14H,3,13H2,1-2H3,(H2,24,29)(H,26,27). The highest BCUT2D eigenvalue weighted by molar-refractivity contribution is 5.81. The number of amides is 1. The number of ether oxygens (including phenoxy) is 1. The number of nitrogens with zero attached hydrogens (tertiary/aromatic N) is 3. The van der Waals surface area contributed by atoms with E-state index in [2.05, 4.69) is 29.4 Å². The molecule has 4 rings (SSSR count). The molecule has 3 N–H and O–H groups in total. The number of pyridine rings is 1. The molecule has 0 fully saturated rings. The summed E-state index contributed by atoms with van der Waals surface area (Å²) in [6, 6.07) is 17.4. The molecule has 0 bridgehead atoms. The summed E-state index contributed by atoms with van der Waals surface area (Å²) >= 11 is 0. The Morgan fingerprint density at radius 3 is 2.73 bits per heavy atom. The Hall–Kier alpha value is -3.87. The van der Waals surface area contributed by atoms with Crippen molar-refractivity contribution in [3.8, 4) is 11.5 Å². The number of imidazole rings is 1. The molecule has 7 nitrogen and oxygen atoms in total. The van der Waals surface area contributed by atoms with Crippen molar-refractivity contribution < 1.29 is 9.53 Å². The Balaban J connectivity index is 1.60. The summed E-state index contributed by atoms with van der Waals surface area (Å²) in [6.45, 7) is 2.13. The lowest BCUT2D eigenvalue weighted by Crippen LogP contribution is -2.14. The zero-order chi connectivity index (χ0) is 21.1. The van der Waals surface area contributed by atoms with E-state index in [0.29, 0.717) is 17.2 Å². The van der Waals surface area contributed by atoms with Gasteiger partial charge in [-0.05, 0) is 36.2 Å². The third-order valence-corrected chi connectivity index (χ3v) is 4.88. The average molecular weight is 401 g/mol.